The third-order valence-corrected chi connectivity index (χ3v) is 3.01. The monoisotopic (exact) mass is 326 g/mol. The van der Waals surface area contributed by atoms with Gasteiger partial charge in [-0.2, -0.15) is 5.10 Å². The summed E-state index contributed by atoms with van der Waals surface area (Å²) in [5, 5.41) is 3.85. The van der Waals surface area contributed by atoms with Crippen LogP contribution in [-0.2, 0) is 4.74 Å². The number of hydrogen-bond donors (Lipinski definition) is 0. The molecule has 2 rings (SSSR count). The van der Waals surface area contributed by atoms with Gasteiger partial charge in [0.2, 0.25) is 11.1 Å². The number of ether oxygens (including phenoxy) is 1. The maximum absolute atomic E-state index is 13.2. The van der Waals surface area contributed by atoms with Crippen LogP contribution in [0.1, 0.15) is 10.5 Å². The van der Waals surface area contributed by atoms with E-state index in [0.717, 1.165) is 13.2 Å². The first-order valence-electron chi connectivity index (χ1n) is 5.16. The molecule has 0 spiro atoms. The summed E-state index contributed by atoms with van der Waals surface area (Å²) in [6, 6.07) is 5.17. The predicted octanol–water partition coefficient (Wildman–Crippen LogP) is 1.92. The summed E-state index contributed by atoms with van der Waals surface area (Å²) in [7, 11) is 1.15. The molecule has 0 N–H and O–H groups in total. The van der Waals surface area contributed by atoms with Crippen LogP contribution < -0.4 is 5.43 Å². The van der Waals surface area contributed by atoms with Gasteiger partial charge in [0.25, 0.3) is 0 Å². The van der Waals surface area contributed by atoms with Crippen molar-refractivity contribution < 1.29 is 13.9 Å². The van der Waals surface area contributed by atoms with E-state index in [4.69, 9.17) is 0 Å². The second kappa shape index (κ2) is 5.31. The predicted molar refractivity (Wildman–Crippen MR) is 68.8 cm³/mol. The van der Waals surface area contributed by atoms with E-state index in [0.29, 0.717) is 10.2 Å². The zero-order chi connectivity index (χ0) is 14.0. The van der Waals surface area contributed by atoms with E-state index in [2.05, 4.69) is 25.8 Å². The Morgan fingerprint density at radius 3 is 2.84 bits per heavy atom. The Bertz CT molecular complexity index is 700. The van der Waals surface area contributed by atoms with Crippen LogP contribution in [0.4, 0.5) is 4.39 Å². The number of hydrogen-bond acceptors (Lipinski definition) is 4. The molecule has 2 aromatic rings. The van der Waals surface area contributed by atoms with Crippen molar-refractivity contribution in [3.8, 4) is 5.69 Å². The van der Waals surface area contributed by atoms with Gasteiger partial charge < -0.3 is 4.74 Å². The summed E-state index contributed by atoms with van der Waals surface area (Å²) < 4.78 is 19.5. The van der Waals surface area contributed by atoms with E-state index in [9.17, 15) is 14.0 Å². The second-order valence-corrected chi connectivity index (χ2v) is 4.41. The first kappa shape index (κ1) is 13.4. The number of methoxy groups -OCH3 is 1. The number of halogens is 2. The summed E-state index contributed by atoms with van der Waals surface area (Å²) in [5.74, 6) is -1.30. The zero-order valence-corrected chi connectivity index (χ0v) is 11.3. The third kappa shape index (κ3) is 2.70. The minimum Gasteiger partial charge on any atom is -0.464 e. The van der Waals surface area contributed by atoms with Crippen LogP contribution in [0.3, 0.4) is 0 Å². The minimum atomic E-state index is -0.841. The van der Waals surface area contributed by atoms with Gasteiger partial charge >= 0.3 is 5.97 Å². The van der Waals surface area contributed by atoms with Crippen molar-refractivity contribution >= 4 is 21.9 Å². The molecule has 0 saturated carbocycles. The lowest BCUT2D eigenvalue weighted by Crippen LogP contribution is -2.21. The fourth-order valence-corrected chi connectivity index (χ4v) is 1.87. The molecule has 1 aromatic carbocycles. The molecule has 1 heterocycles. The number of aromatic nitrogens is 2. The maximum Gasteiger partial charge on any atom is 0.362 e. The molecule has 0 radical (unpaired) electrons. The Morgan fingerprint density at radius 1 is 1.42 bits per heavy atom. The van der Waals surface area contributed by atoms with Crippen LogP contribution in [0.25, 0.3) is 5.69 Å². The SMILES string of the molecule is COC(=O)c1nn(-c2cc(F)ccc2Br)ccc1=O. The van der Waals surface area contributed by atoms with Crippen molar-refractivity contribution in [1.29, 1.82) is 0 Å². The molecule has 19 heavy (non-hydrogen) atoms. The van der Waals surface area contributed by atoms with Crippen LogP contribution in [0.15, 0.2) is 39.7 Å². The Kier molecular flexibility index (Phi) is 3.75. The summed E-state index contributed by atoms with van der Waals surface area (Å²) in [4.78, 5) is 22.9. The number of carbonyl (C=O) groups excluding carboxylic acids is 1. The smallest absolute Gasteiger partial charge is 0.362 e. The normalized spacial score (nSPS) is 10.3. The average molecular weight is 327 g/mol. The number of benzene rings is 1. The molecular weight excluding hydrogens is 319 g/mol. The molecule has 98 valence electrons. The molecule has 0 aliphatic heterocycles. The van der Waals surface area contributed by atoms with Crippen LogP contribution in [-0.4, -0.2) is 22.9 Å². The van der Waals surface area contributed by atoms with Gasteiger partial charge in [-0.25, -0.2) is 13.9 Å². The van der Waals surface area contributed by atoms with Gasteiger partial charge in [-0.05, 0) is 28.1 Å². The highest BCUT2D eigenvalue weighted by Gasteiger charge is 2.14. The molecule has 0 bridgehead atoms. The summed E-state index contributed by atoms with van der Waals surface area (Å²) in [6.45, 7) is 0. The topological polar surface area (TPSA) is 61.2 Å². The Labute approximate surface area is 115 Å². The van der Waals surface area contributed by atoms with E-state index < -0.39 is 17.2 Å². The lowest BCUT2D eigenvalue weighted by molar-refractivity contribution is 0.0590. The number of esters is 1. The highest BCUT2D eigenvalue weighted by Crippen LogP contribution is 2.20. The Hall–Kier alpha value is -2.02. The lowest BCUT2D eigenvalue weighted by Gasteiger charge is -2.08. The molecule has 0 saturated heterocycles. The van der Waals surface area contributed by atoms with Gasteiger partial charge in [0.15, 0.2) is 0 Å². The quantitative estimate of drug-likeness (QED) is 0.791. The molecule has 7 heteroatoms. The molecule has 0 atom stereocenters. The Morgan fingerprint density at radius 2 is 2.16 bits per heavy atom. The second-order valence-electron chi connectivity index (χ2n) is 3.56. The average Bonchev–Trinajstić information content (AvgIpc) is 2.41. The van der Waals surface area contributed by atoms with Gasteiger partial charge in [0.05, 0.1) is 12.8 Å². The van der Waals surface area contributed by atoms with Crippen molar-refractivity contribution in [2.45, 2.75) is 0 Å². The van der Waals surface area contributed by atoms with E-state index in [1.807, 2.05) is 0 Å². The van der Waals surface area contributed by atoms with Crippen molar-refractivity contribution in [3.63, 3.8) is 0 Å². The number of rotatable bonds is 2. The van der Waals surface area contributed by atoms with Crippen molar-refractivity contribution in [2.75, 3.05) is 7.11 Å². The maximum atomic E-state index is 13.2. The van der Waals surface area contributed by atoms with E-state index in [1.165, 1.54) is 29.1 Å². The molecule has 0 aliphatic rings. The van der Waals surface area contributed by atoms with Gasteiger partial charge in [-0.3, -0.25) is 4.79 Å². The van der Waals surface area contributed by atoms with Crippen LogP contribution in [0.5, 0.6) is 0 Å². The van der Waals surface area contributed by atoms with Crippen LogP contribution in [0, 0.1) is 5.82 Å². The molecule has 0 fully saturated rings. The zero-order valence-electron chi connectivity index (χ0n) is 9.76. The first-order chi connectivity index (χ1) is 9.02. The highest BCUT2D eigenvalue weighted by atomic mass is 79.9. The summed E-state index contributed by atoms with van der Waals surface area (Å²) in [5.41, 5.74) is -0.554. The van der Waals surface area contributed by atoms with Gasteiger partial charge in [0.1, 0.15) is 5.82 Å². The molecule has 0 aliphatic carbocycles. The summed E-state index contributed by atoms with van der Waals surface area (Å²) >= 11 is 3.24. The highest BCUT2D eigenvalue weighted by molar-refractivity contribution is 9.10. The fraction of sp³-hybridized carbons (Fsp3) is 0.0833. The summed E-state index contributed by atoms with van der Waals surface area (Å²) in [6.07, 6.45) is 1.34. The molecule has 5 nitrogen and oxygen atoms in total. The first-order valence-corrected chi connectivity index (χ1v) is 5.96. The van der Waals surface area contributed by atoms with Crippen LogP contribution >= 0.6 is 15.9 Å². The standard InChI is InChI=1S/C12H8BrFN2O3/c1-19-12(18)11-10(17)4-5-16(15-11)9-6-7(14)2-3-8(9)13/h2-6H,1H3. The minimum absolute atomic E-state index is 0.360. The van der Waals surface area contributed by atoms with E-state index in [1.54, 1.807) is 0 Å². The Balaban J connectivity index is 2.61. The van der Waals surface area contributed by atoms with Crippen molar-refractivity contribution in [2.24, 2.45) is 0 Å². The number of nitrogens with zero attached hydrogens (tertiary/aromatic N) is 2. The molecular formula is C12H8BrFN2O3. The van der Waals surface area contributed by atoms with Gasteiger partial charge in [-0.1, -0.05) is 0 Å². The molecule has 1 aromatic heterocycles. The van der Waals surface area contributed by atoms with Crippen LogP contribution in [0.2, 0.25) is 0 Å². The van der Waals surface area contributed by atoms with Crippen molar-refractivity contribution in [3.05, 3.63) is 56.7 Å². The third-order valence-electron chi connectivity index (χ3n) is 2.34. The largest absolute Gasteiger partial charge is 0.464 e. The molecule has 0 amide bonds. The van der Waals surface area contributed by atoms with E-state index in [-0.39, 0.29) is 5.69 Å². The van der Waals surface area contributed by atoms with Gasteiger partial charge in [0, 0.05) is 22.8 Å². The van der Waals surface area contributed by atoms with Gasteiger partial charge in [-0.15, -0.1) is 0 Å². The fourth-order valence-electron chi connectivity index (χ4n) is 1.44. The molecule has 0 unspecified atom stereocenters. The number of carbonyl (C=O) groups is 1. The lowest BCUT2D eigenvalue weighted by atomic mass is 10.3. The van der Waals surface area contributed by atoms with Crippen molar-refractivity contribution in [1.82, 2.24) is 9.78 Å². The van der Waals surface area contributed by atoms with E-state index >= 15 is 0 Å².